The zero-order chi connectivity index (χ0) is 17.7. The van der Waals surface area contributed by atoms with Crippen molar-refractivity contribution in [1.29, 1.82) is 0 Å². The third-order valence-electron chi connectivity index (χ3n) is 4.63. The van der Waals surface area contributed by atoms with Gasteiger partial charge >= 0.3 is 0 Å². The van der Waals surface area contributed by atoms with Gasteiger partial charge in [-0.3, -0.25) is 9.59 Å². The Balaban J connectivity index is 0.00000312. The molecular weight excluding hydrogens is 345 g/mol. The fourth-order valence-electron chi connectivity index (χ4n) is 3.26. The van der Waals surface area contributed by atoms with Crippen molar-refractivity contribution in [3.05, 3.63) is 30.1 Å². The molecule has 0 unspecified atom stereocenters. The van der Waals surface area contributed by atoms with Crippen LogP contribution >= 0.6 is 12.4 Å². The molecular formula is C18H27ClFN3O2. The van der Waals surface area contributed by atoms with Crippen LogP contribution in [0.1, 0.15) is 33.1 Å². The molecule has 1 saturated carbocycles. The van der Waals surface area contributed by atoms with Crippen LogP contribution in [0.5, 0.6) is 0 Å². The van der Waals surface area contributed by atoms with Crippen molar-refractivity contribution in [3.8, 4) is 0 Å². The number of benzene rings is 1. The number of nitrogens with one attached hydrogen (secondary N) is 1. The number of rotatable bonds is 6. The summed E-state index contributed by atoms with van der Waals surface area (Å²) in [4.78, 5) is 26.7. The van der Waals surface area contributed by atoms with Gasteiger partial charge in [-0.1, -0.05) is 6.42 Å². The molecule has 0 heterocycles. The van der Waals surface area contributed by atoms with Crippen molar-refractivity contribution in [3.63, 3.8) is 0 Å². The van der Waals surface area contributed by atoms with Gasteiger partial charge in [-0.2, -0.15) is 0 Å². The first-order valence-electron chi connectivity index (χ1n) is 8.48. The molecule has 0 aliphatic heterocycles. The van der Waals surface area contributed by atoms with E-state index in [1.165, 1.54) is 24.3 Å². The van der Waals surface area contributed by atoms with Crippen LogP contribution in [0, 0.1) is 17.7 Å². The van der Waals surface area contributed by atoms with Crippen LogP contribution in [0.4, 0.5) is 10.1 Å². The van der Waals surface area contributed by atoms with Crippen molar-refractivity contribution in [1.82, 2.24) is 4.90 Å². The summed E-state index contributed by atoms with van der Waals surface area (Å²) in [5, 5.41) is 2.70. The van der Waals surface area contributed by atoms with E-state index in [9.17, 15) is 14.0 Å². The van der Waals surface area contributed by atoms with E-state index in [0.29, 0.717) is 12.2 Å². The molecule has 140 valence electrons. The van der Waals surface area contributed by atoms with Crippen molar-refractivity contribution >= 4 is 29.9 Å². The Morgan fingerprint density at radius 1 is 1.28 bits per heavy atom. The number of carbonyl (C=O) groups excluding carboxylic acids is 2. The highest BCUT2D eigenvalue weighted by Crippen LogP contribution is 2.32. The molecule has 1 aliphatic rings. The molecule has 25 heavy (non-hydrogen) atoms. The van der Waals surface area contributed by atoms with Crippen molar-refractivity contribution < 1.29 is 14.0 Å². The summed E-state index contributed by atoms with van der Waals surface area (Å²) in [6.07, 6.45) is 2.82. The Morgan fingerprint density at radius 3 is 2.48 bits per heavy atom. The molecule has 0 spiro atoms. The number of hydrogen-bond donors (Lipinski definition) is 2. The molecule has 7 heteroatoms. The van der Waals surface area contributed by atoms with Crippen LogP contribution in [0.3, 0.4) is 0 Å². The van der Waals surface area contributed by atoms with Crippen LogP contribution in [0.15, 0.2) is 24.3 Å². The van der Waals surface area contributed by atoms with Crippen LogP contribution in [-0.2, 0) is 9.59 Å². The number of nitrogens with two attached hydrogens (primary N) is 1. The molecule has 1 aromatic rings. The molecule has 0 bridgehead atoms. The lowest BCUT2D eigenvalue weighted by Crippen LogP contribution is -2.46. The molecule has 0 radical (unpaired) electrons. The quantitative estimate of drug-likeness (QED) is 0.807. The molecule has 2 amide bonds. The Morgan fingerprint density at radius 2 is 1.92 bits per heavy atom. The predicted molar refractivity (Wildman–Crippen MR) is 99.0 cm³/mol. The SMILES string of the molecule is CC(C)N(CC(=O)Nc1ccc(F)cc1)C(=O)[C@@H]1CCC[C@@H]1CN.Cl. The molecule has 2 rings (SSSR count). The number of halogens is 2. The van der Waals surface area contributed by atoms with E-state index in [-0.39, 0.29) is 54.5 Å². The smallest absolute Gasteiger partial charge is 0.244 e. The number of hydrogen-bond acceptors (Lipinski definition) is 3. The van der Waals surface area contributed by atoms with E-state index in [1.807, 2.05) is 13.8 Å². The maximum atomic E-state index is 12.9. The van der Waals surface area contributed by atoms with E-state index >= 15 is 0 Å². The first kappa shape index (κ1) is 21.4. The maximum Gasteiger partial charge on any atom is 0.244 e. The minimum absolute atomic E-state index is 0. The average molecular weight is 372 g/mol. The zero-order valence-corrected chi connectivity index (χ0v) is 15.5. The van der Waals surface area contributed by atoms with Gasteiger partial charge in [-0.25, -0.2) is 4.39 Å². The first-order valence-corrected chi connectivity index (χ1v) is 8.48. The number of carbonyl (C=O) groups is 2. The largest absolute Gasteiger partial charge is 0.331 e. The third-order valence-corrected chi connectivity index (χ3v) is 4.63. The minimum Gasteiger partial charge on any atom is -0.331 e. The van der Waals surface area contributed by atoms with Gasteiger partial charge in [-0.05, 0) is 63.4 Å². The van der Waals surface area contributed by atoms with Crippen LogP contribution in [0.2, 0.25) is 0 Å². The second kappa shape index (κ2) is 9.73. The highest BCUT2D eigenvalue weighted by Gasteiger charge is 2.36. The predicted octanol–water partition coefficient (Wildman–Crippen LogP) is 2.80. The standard InChI is InChI=1S/C18H26FN3O2.ClH/c1-12(2)22(18(24)16-5-3-4-13(16)10-20)11-17(23)21-15-8-6-14(19)7-9-15;/h6-9,12-13,16H,3-5,10-11,20H2,1-2H3,(H,21,23);1H/t13-,16-;/m1./s1. The first-order chi connectivity index (χ1) is 11.4. The summed E-state index contributed by atoms with van der Waals surface area (Å²) >= 11 is 0. The van der Waals surface area contributed by atoms with Crippen molar-refractivity contribution in [2.45, 2.75) is 39.2 Å². The van der Waals surface area contributed by atoms with Crippen molar-refractivity contribution in [2.75, 3.05) is 18.4 Å². The normalized spacial score (nSPS) is 19.4. The van der Waals surface area contributed by atoms with Crippen LogP contribution in [0.25, 0.3) is 0 Å². The monoisotopic (exact) mass is 371 g/mol. The molecule has 1 fully saturated rings. The molecule has 5 nitrogen and oxygen atoms in total. The lowest BCUT2D eigenvalue weighted by molar-refractivity contribution is -0.141. The van der Waals surface area contributed by atoms with E-state index in [0.717, 1.165) is 19.3 Å². The van der Waals surface area contributed by atoms with Crippen LogP contribution in [-0.4, -0.2) is 35.8 Å². The zero-order valence-electron chi connectivity index (χ0n) is 14.7. The molecule has 1 aliphatic carbocycles. The Kier molecular flexibility index (Phi) is 8.32. The van der Waals surface area contributed by atoms with Gasteiger partial charge in [0.1, 0.15) is 12.4 Å². The van der Waals surface area contributed by atoms with E-state index in [1.54, 1.807) is 4.90 Å². The summed E-state index contributed by atoms with van der Waals surface area (Å²) < 4.78 is 12.9. The van der Waals surface area contributed by atoms with E-state index < -0.39 is 0 Å². The second-order valence-electron chi connectivity index (χ2n) is 6.65. The lowest BCUT2D eigenvalue weighted by atomic mass is 9.94. The topological polar surface area (TPSA) is 75.4 Å². The van der Waals surface area contributed by atoms with Gasteiger partial charge in [-0.15, -0.1) is 12.4 Å². The molecule has 2 atom stereocenters. The van der Waals surface area contributed by atoms with Gasteiger partial charge in [0.2, 0.25) is 11.8 Å². The summed E-state index contributed by atoms with van der Waals surface area (Å²) in [5.74, 6) is -0.519. The molecule has 3 N–H and O–H groups in total. The second-order valence-corrected chi connectivity index (χ2v) is 6.65. The molecule has 0 saturated heterocycles. The Labute approximate surface area is 154 Å². The van der Waals surface area contributed by atoms with Gasteiger partial charge in [0, 0.05) is 17.6 Å². The van der Waals surface area contributed by atoms with Gasteiger partial charge < -0.3 is 16.0 Å². The number of anilines is 1. The fourth-order valence-corrected chi connectivity index (χ4v) is 3.26. The van der Waals surface area contributed by atoms with E-state index in [2.05, 4.69) is 5.32 Å². The van der Waals surface area contributed by atoms with E-state index in [4.69, 9.17) is 5.73 Å². The average Bonchev–Trinajstić information content (AvgIpc) is 3.02. The Hall–Kier alpha value is -1.66. The van der Waals surface area contributed by atoms with Gasteiger partial charge in [0.15, 0.2) is 0 Å². The van der Waals surface area contributed by atoms with Gasteiger partial charge in [0.25, 0.3) is 0 Å². The summed E-state index contributed by atoms with van der Waals surface area (Å²) in [6.45, 7) is 4.29. The minimum atomic E-state index is -0.360. The Bertz CT molecular complexity index is 580. The van der Waals surface area contributed by atoms with Gasteiger partial charge in [0.05, 0.1) is 0 Å². The number of amides is 2. The van der Waals surface area contributed by atoms with Crippen molar-refractivity contribution in [2.24, 2.45) is 17.6 Å². The molecule has 0 aromatic heterocycles. The molecule has 1 aromatic carbocycles. The lowest BCUT2D eigenvalue weighted by Gasteiger charge is -2.30. The number of nitrogens with zero attached hydrogens (tertiary/aromatic N) is 1. The highest BCUT2D eigenvalue weighted by atomic mass is 35.5. The fraction of sp³-hybridized carbons (Fsp3) is 0.556. The highest BCUT2D eigenvalue weighted by molar-refractivity contribution is 5.95. The maximum absolute atomic E-state index is 12.9. The van der Waals surface area contributed by atoms with Crippen LogP contribution < -0.4 is 11.1 Å². The summed E-state index contributed by atoms with van der Waals surface area (Å²) in [7, 11) is 0. The summed E-state index contributed by atoms with van der Waals surface area (Å²) in [5.41, 5.74) is 6.29. The third kappa shape index (κ3) is 5.68. The summed E-state index contributed by atoms with van der Waals surface area (Å²) in [6, 6.07) is 5.49.